The lowest BCUT2D eigenvalue weighted by molar-refractivity contribution is -0.123. The number of carbonyl (C=O) groups excluding carboxylic acids is 2. The summed E-state index contributed by atoms with van der Waals surface area (Å²) in [6.45, 7) is 1.27. The number of para-hydroxylation sites is 1. The summed E-state index contributed by atoms with van der Waals surface area (Å²) in [5.41, 5.74) is 13.0. The second kappa shape index (κ2) is 5.27. The van der Waals surface area contributed by atoms with Crippen molar-refractivity contribution >= 4 is 17.5 Å². The SMILES string of the molecule is CC(N)C(=O)N(CC([NH])=O)c1ccccc1. The van der Waals surface area contributed by atoms with Crippen LogP contribution in [-0.4, -0.2) is 24.4 Å². The van der Waals surface area contributed by atoms with Gasteiger partial charge in [0.2, 0.25) is 5.91 Å². The first kappa shape index (κ1) is 12.2. The standard InChI is InChI=1S/C11H14N3O2/c1-8(12)11(16)14(7-10(13)15)9-5-3-2-4-6-9/h2-6,8,13H,7,12H2,1H3. The average Bonchev–Trinajstić information content (AvgIpc) is 2.26. The van der Waals surface area contributed by atoms with Crippen molar-refractivity contribution in [1.82, 2.24) is 5.73 Å². The Hall–Kier alpha value is -1.88. The Bertz CT molecular complexity index is 376. The minimum Gasteiger partial charge on any atom is -0.320 e. The molecule has 5 nitrogen and oxygen atoms in total. The first-order chi connectivity index (χ1) is 7.52. The molecule has 0 heterocycles. The molecule has 0 aromatic heterocycles. The molecule has 0 fully saturated rings. The molecule has 3 N–H and O–H groups in total. The van der Waals surface area contributed by atoms with Crippen LogP contribution in [0.2, 0.25) is 0 Å². The van der Waals surface area contributed by atoms with Gasteiger partial charge in [-0.05, 0) is 19.1 Å². The van der Waals surface area contributed by atoms with Crippen molar-refractivity contribution in [2.45, 2.75) is 13.0 Å². The van der Waals surface area contributed by atoms with Crippen LogP contribution in [-0.2, 0) is 9.59 Å². The molecule has 5 heteroatoms. The minimum atomic E-state index is -0.821. The smallest absolute Gasteiger partial charge is 0.258 e. The van der Waals surface area contributed by atoms with Crippen LogP contribution in [0.4, 0.5) is 5.69 Å². The number of hydrogen-bond donors (Lipinski definition) is 1. The molecule has 1 radical (unpaired) electrons. The van der Waals surface area contributed by atoms with E-state index in [0.29, 0.717) is 5.69 Å². The van der Waals surface area contributed by atoms with Crippen LogP contribution in [0, 0.1) is 0 Å². The average molecular weight is 220 g/mol. The van der Waals surface area contributed by atoms with Gasteiger partial charge in [0.15, 0.2) is 0 Å². The molecule has 2 amide bonds. The molecule has 1 rings (SSSR count). The number of nitrogens with one attached hydrogen (secondary N) is 1. The van der Waals surface area contributed by atoms with Gasteiger partial charge in [0.1, 0.15) is 6.54 Å². The Morgan fingerprint density at radius 1 is 1.38 bits per heavy atom. The van der Waals surface area contributed by atoms with Crippen LogP contribution < -0.4 is 16.4 Å². The van der Waals surface area contributed by atoms with Crippen LogP contribution in [0.1, 0.15) is 6.92 Å². The Kier molecular flexibility index (Phi) is 4.02. The van der Waals surface area contributed by atoms with Gasteiger partial charge in [-0.2, -0.15) is 0 Å². The third kappa shape index (κ3) is 3.06. The molecule has 0 aliphatic carbocycles. The van der Waals surface area contributed by atoms with Crippen LogP contribution >= 0.6 is 0 Å². The number of benzene rings is 1. The number of nitrogens with two attached hydrogens (primary N) is 1. The summed E-state index contributed by atoms with van der Waals surface area (Å²) < 4.78 is 0. The number of anilines is 1. The van der Waals surface area contributed by atoms with Gasteiger partial charge >= 0.3 is 0 Å². The topological polar surface area (TPSA) is 87.2 Å². The van der Waals surface area contributed by atoms with Crippen molar-refractivity contribution in [3.8, 4) is 0 Å². The number of hydrogen-bond acceptors (Lipinski definition) is 3. The zero-order chi connectivity index (χ0) is 12.1. The largest absolute Gasteiger partial charge is 0.320 e. The Morgan fingerprint density at radius 3 is 2.38 bits per heavy atom. The summed E-state index contributed by atoms with van der Waals surface area (Å²) in [6.07, 6.45) is 0. The molecule has 0 spiro atoms. The molecule has 0 bridgehead atoms. The second-order valence-electron chi connectivity index (χ2n) is 3.47. The summed E-state index contributed by atoms with van der Waals surface area (Å²) in [4.78, 5) is 23.8. The van der Waals surface area contributed by atoms with Gasteiger partial charge in [-0.15, -0.1) is 0 Å². The highest BCUT2D eigenvalue weighted by molar-refractivity contribution is 6.00. The molecule has 0 aliphatic rings. The van der Waals surface area contributed by atoms with Gasteiger partial charge in [-0.25, -0.2) is 0 Å². The molecule has 1 aromatic rings. The van der Waals surface area contributed by atoms with E-state index in [-0.39, 0.29) is 12.5 Å². The fourth-order valence-corrected chi connectivity index (χ4v) is 1.29. The van der Waals surface area contributed by atoms with E-state index >= 15 is 0 Å². The Labute approximate surface area is 94.0 Å². The number of rotatable bonds is 4. The van der Waals surface area contributed by atoms with Crippen molar-refractivity contribution < 1.29 is 9.59 Å². The maximum atomic E-state index is 11.7. The molecule has 85 valence electrons. The Morgan fingerprint density at radius 2 is 1.94 bits per heavy atom. The van der Waals surface area contributed by atoms with Gasteiger partial charge in [-0.1, -0.05) is 18.2 Å². The maximum Gasteiger partial charge on any atom is 0.258 e. The van der Waals surface area contributed by atoms with E-state index in [9.17, 15) is 9.59 Å². The van der Waals surface area contributed by atoms with E-state index < -0.39 is 11.9 Å². The summed E-state index contributed by atoms with van der Waals surface area (Å²) in [7, 11) is 0. The van der Waals surface area contributed by atoms with Gasteiger partial charge in [-0.3, -0.25) is 15.3 Å². The molecule has 0 aliphatic heterocycles. The van der Waals surface area contributed by atoms with Crippen molar-refractivity contribution in [3.05, 3.63) is 30.3 Å². The second-order valence-corrected chi connectivity index (χ2v) is 3.47. The Balaban J connectivity index is 2.96. The van der Waals surface area contributed by atoms with E-state index in [0.717, 1.165) is 0 Å². The minimum absolute atomic E-state index is 0.273. The van der Waals surface area contributed by atoms with Crippen molar-refractivity contribution in [1.29, 1.82) is 0 Å². The number of carbonyl (C=O) groups is 2. The van der Waals surface area contributed by atoms with Crippen molar-refractivity contribution in [2.75, 3.05) is 11.4 Å². The highest BCUT2D eigenvalue weighted by atomic mass is 16.2. The first-order valence-corrected chi connectivity index (χ1v) is 4.89. The van der Waals surface area contributed by atoms with Crippen molar-refractivity contribution in [2.24, 2.45) is 5.73 Å². The molecule has 16 heavy (non-hydrogen) atoms. The lowest BCUT2D eigenvalue weighted by atomic mass is 10.2. The normalized spacial score (nSPS) is 11.9. The fourth-order valence-electron chi connectivity index (χ4n) is 1.29. The lowest BCUT2D eigenvalue weighted by Crippen LogP contribution is -2.44. The summed E-state index contributed by atoms with van der Waals surface area (Å²) >= 11 is 0. The predicted molar refractivity (Wildman–Crippen MR) is 60.5 cm³/mol. The zero-order valence-corrected chi connectivity index (χ0v) is 9.01. The number of amides is 2. The number of nitrogens with zero attached hydrogens (tertiary/aromatic N) is 1. The zero-order valence-electron chi connectivity index (χ0n) is 9.01. The van der Waals surface area contributed by atoms with Crippen LogP contribution in [0.25, 0.3) is 0 Å². The van der Waals surface area contributed by atoms with E-state index in [1.165, 1.54) is 4.90 Å². The van der Waals surface area contributed by atoms with E-state index in [2.05, 4.69) is 0 Å². The summed E-state index contributed by atoms with van der Waals surface area (Å²) in [5, 5.41) is 0. The van der Waals surface area contributed by atoms with Crippen molar-refractivity contribution in [3.63, 3.8) is 0 Å². The van der Waals surface area contributed by atoms with E-state index in [1.54, 1.807) is 37.3 Å². The lowest BCUT2D eigenvalue weighted by Gasteiger charge is -2.22. The third-order valence-electron chi connectivity index (χ3n) is 2.03. The highest BCUT2D eigenvalue weighted by Gasteiger charge is 2.20. The molecular formula is C11H14N3O2. The highest BCUT2D eigenvalue weighted by Crippen LogP contribution is 2.13. The van der Waals surface area contributed by atoms with Gasteiger partial charge in [0.05, 0.1) is 6.04 Å². The summed E-state index contributed by atoms with van der Waals surface area (Å²) in [6, 6.07) is 8.02. The van der Waals surface area contributed by atoms with Crippen LogP contribution in [0.3, 0.4) is 0 Å². The monoisotopic (exact) mass is 220 g/mol. The summed E-state index contributed by atoms with van der Waals surface area (Å²) in [5.74, 6) is -1.19. The molecular weight excluding hydrogens is 206 g/mol. The van der Waals surface area contributed by atoms with Gasteiger partial charge in [0, 0.05) is 5.69 Å². The molecule has 0 saturated carbocycles. The molecule has 1 atom stereocenters. The molecule has 1 unspecified atom stereocenters. The van der Waals surface area contributed by atoms with Gasteiger partial charge in [0.25, 0.3) is 5.91 Å². The molecule has 1 aromatic carbocycles. The predicted octanol–water partition coefficient (Wildman–Crippen LogP) is 0.176. The van der Waals surface area contributed by atoms with E-state index in [4.69, 9.17) is 11.5 Å². The molecule has 0 saturated heterocycles. The third-order valence-corrected chi connectivity index (χ3v) is 2.03. The van der Waals surface area contributed by atoms with Gasteiger partial charge < -0.3 is 10.6 Å². The van der Waals surface area contributed by atoms with Crippen LogP contribution in [0.15, 0.2) is 30.3 Å². The fraction of sp³-hybridized carbons (Fsp3) is 0.273. The maximum absolute atomic E-state index is 11.7. The van der Waals surface area contributed by atoms with Crippen LogP contribution in [0.5, 0.6) is 0 Å². The first-order valence-electron chi connectivity index (χ1n) is 4.89. The van der Waals surface area contributed by atoms with E-state index in [1.807, 2.05) is 0 Å². The quantitative estimate of drug-likeness (QED) is 0.784.